The van der Waals surface area contributed by atoms with E-state index in [0.29, 0.717) is 12.0 Å². The number of likely N-dealkylation sites (N-methyl/N-ethyl adjacent to an activating group) is 1. The van der Waals surface area contributed by atoms with Crippen LogP contribution in [-0.2, 0) is 14.2 Å². The molecule has 5 saturated carbocycles. The quantitative estimate of drug-likeness (QED) is 0.320. The highest BCUT2D eigenvalue weighted by atomic mass is 16.6. The maximum Gasteiger partial charge on any atom is 0.410 e. The van der Waals surface area contributed by atoms with Crippen LogP contribution in [0.4, 0.5) is 9.59 Å². The molecule has 0 aromatic carbocycles. The Morgan fingerprint density at radius 3 is 2.43 bits per heavy atom. The predicted molar refractivity (Wildman–Crippen MR) is 185 cm³/mol. The highest BCUT2D eigenvalue weighted by Crippen LogP contribution is 2.90. The first-order valence-corrected chi connectivity index (χ1v) is 19.7. The Morgan fingerprint density at radius 2 is 1.78 bits per heavy atom. The zero-order valence-electron chi connectivity index (χ0n) is 31.4. The van der Waals surface area contributed by atoms with Gasteiger partial charge in [-0.3, -0.25) is 0 Å². The second kappa shape index (κ2) is 11.5. The molecular formula is C40H62N3O6. The zero-order valence-corrected chi connectivity index (χ0v) is 31.4. The lowest BCUT2D eigenvalue weighted by atomic mass is 9.41. The van der Waals surface area contributed by atoms with Gasteiger partial charge in [0, 0.05) is 49.0 Å². The number of ether oxygens (including phenoxy) is 3. The Hall–Kier alpha value is -1.58. The Labute approximate surface area is 294 Å². The van der Waals surface area contributed by atoms with Gasteiger partial charge in [-0.05, 0) is 104 Å². The first-order chi connectivity index (χ1) is 23.1. The van der Waals surface area contributed by atoms with E-state index in [-0.39, 0.29) is 63.1 Å². The number of carbonyl (C=O) groups is 2. The van der Waals surface area contributed by atoms with Crippen LogP contribution in [0, 0.1) is 68.9 Å². The third-order valence-electron chi connectivity index (χ3n) is 16.1. The van der Waals surface area contributed by atoms with Crippen LogP contribution in [0.1, 0.15) is 113 Å². The predicted octanol–water partition coefficient (Wildman–Crippen LogP) is 6.75. The summed E-state index contributed by atoms with van der Waals surface area (Å²) >= 11 is 0. The van der Waals surface area contributed by atoms with Crippen LogP contribution in [-0.4, -0.2) is 84.2 Å². The number of nitrogens with one attached hydrogen (secondary N) is 1. The largest absolute Gasteiger partial charge is 0.446 e. The van der Waals surface area contributed by atoms with E-state index in [1.54, 1.807) is 10.8 Å². The highest BCUT2D eigenvalue weighted by Gasteiger charge is 2.85. The van der Waals surface area contributed by atoms with E-state index in [1.807, 2.05) is 4.90 Å². The lowest BCUT2D eigenvalue weighted by molar-refractivity contribution is -0.130. The van der Waals surface area contributed by atoms with Gasteiger partial charge in [0.1, 0.15) is 24.4 Å². The van der Waals surface area contributed by atoms with Gasteiger partial charge in [-0.1, -0.05) is 55.4 Å². The SMILES string of the molecule is CCNC1CN(C(=O)OC2CC[C@]34C[C@]35CC[C@]3(C)[C@@H]6[C](O[C]([C@H](OC(=O)N7CCC7)C(C)C)C[C@H]6C)[C@H](O)[C@@]3(C)[C]5CC[C@H]4C2(C)C)C1. The van der Waals surface area contributed by atoms with E-state index in [2.05, 4.69) is 60.7 Å². The first-order valence-electron chi connectivity index (χ1n) is 19.7. The van der Waals surface area contributed by atoms with Crippen molar-refractivity contribution >= 4 is 12.2 Å². The van der Waals surface area contributed by atoms with Gasteiger partial charge in [0.05, 0.1) is 6.10 Å². The third kappa shape index (κ3) is 4.58. The molecule has 0 aromatic heterocycles. The lowest BCUT2D eigenvalue weighted by Gasteiger charge is -2.63. The number of fused-ring (bicyclic) bond motifs is 4. The van der Waals surface area contributed by atoms with Crippen molar-refractivity contribution in [2.24, 2.45) is 50.7 Å². The molecule has 49 heavy (non-hydrogen) atoms. The van der Waals surface area contributed by atoms with Crippen LogP contribution in [0.25, 0.3) is 0 Å². The van der Waals surface area contributed by atoms with Crippen LogP contribution in [0.3, 0.4) is 0 Å². The maximum atomic E-state index is 13.2. The smallest absolute Gasteiger partial charge is 0.410 e. The van der Waals surface area contributed by atoms with Crippen molar-refractivity contribution in [1.82, 2.24) is 15.1 Å². The standard InChI is InChI=1S/C40H62N3O6/c1-9-41-25-20-43(21-25)35(46)48-29-13-14-39-22-40(39)16-15-37(7)30-24(4)19-26(31(23(2)3)49-34(45)42-17-10-18-42)47-32(30)33(44)38(37,8)28(40)12-11-27(39)36(29,5)6/h23-25,27,29-31,33,41,44H,9-22H2,1-8H3/t24-,27+,29?,30+,31-,33+,37-,38-,39-,40+/m1/s1. The van der Waals surface area contributed by atoms with Gasteiger partial charge < -0.3 is 34.4 Å². The third-order valence-corrected chi connectivity index (χ3v) is 16.1. The monoisotopic (exact) mass is 680 g/mol. The van der Waals surface area contributed by atoms with Crippen LogP contribution in [0.5, 0.6) is 0 Å². The number of aliphatic hydroxyl groups excluding tert-OH is 1. The second-order valence-corrected chi connectivity index (χ2v) is 18.9. The van der Waals surface area contributed by atoms with Crippen LogP contribution in [0.2, 0.25) is 0 Å². The minimum Gasteiger partial charge on any atom is -0.446 e. The molecule has 0 aromatic rings. The normalized spacial score (nSPS) is 45.2. The Kier molecular flexibility index (Phi) is 8.07. The molecule has 8 aliphatic rings. The molecule has 3 heterocycles. The van der Waals surface area contributed by atoms with Gasteiger partial charge in [0.25, 0.3) is 0 Å². The molecule has 1 unspecified atom stereocenters. The number of nitrogens with zero attached hydrogens (tertiary/aromatic N) is 2. The summed E-state index contributed by atoms with van der Waals surface area (Å²) in [5, 5.41) is 16.0. The molecule has 8 rings (SSSR count). The van der Waals surface area contributed by atoms with Crippen LogP contribution < -0.4 is 5.32 Å². The van der Waals surface area contributed by atoms with Gasteiger partial charge in [0.2, 0.25) is 0 Å². The van der Waals surface area contributed by atoms with Crippen LogP contribution in [0.15, 0.2) is 0 Å². The fraction of sp³-hybridized carbons (Fsp3) is 0.875. The molecular weight excluding hydrogens is 618 g/mol. The molecule has 3 radical (unpaired) electrons. The average Bonchev–Trinajstić information content (AvgIpc) is 3.62. The molecule has 3 saturated heterocycles. The van der Waals surface area contributed by atoms with E-state index >= 15 is 0 Å². The molecule has 273 valence electrons. The van der Waals surface area contributed by atoms with Crippen LogP contribution >= 0.6 is 0 Å². The maximum absolute atomic E-state index is 13.2. The summed E-state index contributed by atoms with van der Waals surface area (Å²) in [7, 11) is 0. The lowest BCUT2D eigenvalue weighted by Crippen LogP contribution is -2.61. The number of hydrogen-bond acceptors (Lipinski definition) is 7. The van der Waals surface area contributed by atoms with Crippen molar-refractivity contribution in [1.29, 1.82) is 0 Å². The molecule has 0 bridgehead atoms. The summed E-state index contributed by atoms with van der Waals surface area (Å²) in [6.45, 7) is 22.0. The molecule has 2 N–H and O–H groups in total. The number of amides is 2. The van der Waals surface area contributed by atoms with Crippen molar-refractivity contribution in [3.63, 3.8) is 0 Å². The number of rotatable bonds is 6. The minimum absolute atomic E-state index is 0.0692. The molecule has 9 heteroatoms. The number of hydrogen-bond donors (Lipinski definition) is 2. The molecule has 5 aliphatic carbocycles. The first kappa shape index (κ1) is 34.5. The summed E-state index contributed by atoms with van der Waals surface area (Å²) in [5.41, 5.74) is -0.214. The molecule has 3 aliphatic heterocycles. The average molecular weight is 681 g/mol. The van der Waals surface area contributed by atoms with Gasteiger partial charge >= 0.3 is 12.2 Å². The van der Waals surface area contributed by atoms with E-state index < -0.39 is 12.2 Å². The Balaban J connectivity index is 1.01. The van der Waals surface area contributed by atoms with E-state index in [9.17, 15) is 14.7 Å². The summed E-state index contributed by atoms with van der Waals surface area (Å²) in [6, 6.07) is 0.382. The summed E-state index contributed by atoms with van der Waals surface area (Å²) in [5.74, 6) is 2.61. The Morgan fingerprint density at radius 1 is 1.04 bits per heavy atom. The fourth-order valence-electron chi connectivity index (χ4n) is 13.3. The van der Waals surface area contributed by atoms with Gasteiger partial charge in [-0.25, -0.2) is 9.59 Å². The zero-order chi connectivity index (χ0) is 34.9. The Bertz CT molecular complexity index is 1330. The van der Waals surface area contributed by atoms with E-state index in [0.717, 1.165) is 89.9 Å². The molecule has 2 spiro atoms. The van der Waals surface area contributed by atoms with Gasteiger partial charge in [-0.15, -0.1) is 0 Å². The van der Waals surface area contributed by atoms with Crippen molar-refractivity contribution in [3.8, 4) is 0 Å². The summed E-state index contributed by atoms with van der Waals surface area (Å²) < 4.78 is 19.3. The minimum atomic E-state index is -0.687. The fourth-order valence-corrected chi connectivity index (χ4v) is 13.3. The number of carbonyl (C=O) groups excluding carboxylic acids is 2. The molecule has 2 amide bonds. The van der Waals surface area contributed by atoms with E-state index in [1.165, 1.54) is 12.8 Å². The van der Waals surface area contributed by atoms with E-state index in [4.69, 9.17) is 14.2 Å². The number of likely N-dealkylation sites (tertiary alicyclic amines) is 2. The van der Waals surface area contributed by atoms with Gasteiger partial charge in [0.15, 0.2) is 0 Å². The highest BCUT2D eigenvalue weighted by molar-refractivity contribution is 5.69. The molecule has 8 fully saturated rings. The van der Waals surface area contributed by atoms with Gasteiger partial charge in [-0.2, -0.15) is 0 Å². The molecule has 9 nitrogen and oxygen atoms in total. The van der Waals surface area contributed by atoms with Crippen molar-refractivity contribution in [2.75, 3.05) is 32.7 Å². The summed E-state index contributed by atoms with van der Waals surface area (Å²) in [6.07, 6.45) is 9.38. The van der Waals surface area contributed by atoms with Crippen molar-refractivity contribution in [3.05, 3.63) is 18.1 Å². The topological polar surface area (TPSA) is 101 Å². The number of aliphatic hydroxyl groups is 1. The second-order valence-electron chi connectivity index (χ2n) is 18.9. The molecule has 10 atom stereocenters. The van der Waals surface area contributed by atoms with Crippen molar-refractivity contribution < 1.29 is 28.9 Å². The van der Waals surface area contributed by atoms with Crippen molar-refractivity contribution in [2.45, 2.75) is 138 Å². The summed E-state index contributed by atoms with van der Waals surface area (Å²) in [4.78, 5) is 29.7.